The van der Waals surface area contributed by atoms with Crippen molar-refractivity contribution >= 4 is 0 Å². The molecule has 0 N–H and O–H groups in total. The first-order chi connectivity index (χ1) is 5.94. The normalized spacial score (nSPS) is 11.3. The second kappa shape index (κ2) is 3.21. The van der Waals surface area contributed by atoms with Gasteiger partial charge in [0.1, 0.15) is 11.8 Å². The Bertz CT molecular complexity index is 336. The van der Waals surface area contributed by atoms with E-state index in [4.69, 9.17) is 5.26 Å². The van der Waals surface area contributed by atoms with Gasteiger partial charge in [-0.3, -0.25) is 0 Å². The Morgan fingerprint density at radius 3 is 2.62 bits per heavy atom. The smallest absolute Gasteiger partial charge is 0.142 e. The van der Waals surface area contributed by atoms with Crippen LogP contribution in [0.2, 0.25) is 0 Å². The largest absolute Gasteiger partial charge is 0.322 e. The van der Waals surface area contributed by atoms with Crippen LogP contribution in [-0.4, -0.2) is 9.55 Å². The molecule has 13 heavy (non-hydrogen) atoms. The van der Waals surface area contributed by atoms with Gasteiger partial charge in [-0.1, -0.05) is 20.8 Å². The van der Waals surface area contributed by atoms with Gasteiger partial charge >= 0.3 is 0 Å². The van der Waals surface area contributed by atoms with E-state index in [1.54, 1.807) is 6.33 Å². The third-order valence-corrected chi connectivity index (χ3v) is 1.77. The molecule has 0 aliphatic heterocycles. The molecular weight excluding hydrogens is 162 g/mol. The van der Waals surface area contributed by atoms with Gasteiger partial charge in [0.05, 0.1) is 12.0 Å². The van der Waals surface area contributed by atoms with E-state index in [-0.39, 0.29) is 5.41 Å². The van der Waals surface area contributed by atoms with Crippen molar-refractivity contribution < 1.29 is 0 Å². The molecule has 70 valence electrons. The monoisotopic (exact) mass is 177 g/mol. The third kappa shape index (κ3) is 2.32. The SMILES string of the molecule is Cc1ncn(CC(C)(C)C)c1C#N. The van der Waals surface area contributed by atoms with Crippen molar-refractivity contribution in [2.45, 2.75) is 34.2 Å². The highest BCUT2D eigenvalue weighted by Crippen LogP contribution is 2.18. The first kappa shape index (κ1) is 9.79. The Kier molecular flexibility index (Phi) is 2.42. The fraction of sp³-hybridized carbons (Fsp3) is 0.600. The first-order valence-electron chi connectivity index (χ1n) is 4.36. The van der Waals surface area contributed by atoms with Crippen LogP contribution in [-0.2, 0) is 6.54 Å². The Balaban J connectivity index is 2.97. The number of aromatic nitrogens is 2. The van der Waals surface area contributed by atoms with Crippen molar-refractivity contribution in [3.63, 3.8) is 0 Å². The van der Waals surface area contributed by atoms with Gasteiger partial charge in [-0.2, -0.15) is 5.26 Å². The molecule has 0 spiro atoms. The van der Waals surface area contributed by atoms with Gasteiger partial charge in [-0.05, 0) is 12.3 Å². The molecule has 1 heterocycles. The lowest BCUT2D eigenvalue weighted by molar-refractivity contribution is 0.342. The zero-order valence-electron chi connectivity index (χ0n) is 8.63. The molecule has 0 amide bonds. The molecule has 0 fully saturated rings. The Morgan fingerprint density at radius 1 is 1.54 bits per heavy atom. The zero-order chi connectivity index (χ0) is 10.1. The Morgan fingerprint density at radius 2 is 2.15 bits per heavy atom. The summed E-state index contributed by atoms with van der Waals surface area (Å²) >= 11 is 0. The average molecular weight is 177 g/mol. The van der Waals surface area contributed by atoms with Gasteiger partial charge < -0.3 is 4.57 Å². The second-order valence-electron chi connectivity index (χ2n) is 4.48. The van der Waals surface area contributed by atoms with Crippen LogP contribution in [0, 0.1) is 23.7 Å². The van der Waals surface area contributed by atoms with Gasteiger partial charge in [0, 0.05) is 6.54 Å². The van der Waals surface area contributed by atoms with E-state index in [1.807, 2.05) is 11.5 Å². The predicted octanol–water partition coefficient (Wildman–Crippen LogP) is 2.11. The quantitative estimate of drug-likeness (QED) is 0.659. The molecule has 0 aromatic carbocycles. The molecule has 1 aromatic heterocycles. The molecule has 0 unspecified atom stereocenters. The molecule has 0 atom stereocenters. The maximum absolute atomic E-state index is 8.87. The maximum Gasteiger partial charge on any atom is 0.142 e. The third-order valence-electron chi connectivity index (χ3n) is 1.77. The van der Waals surface area contributed by atoms with Crippen LogP contribution in [0.3, 0.4) is 0 Å². The van der Waals surface area contributed by atoms with Crippen molar-refractivity contribution in [3.8, 4) is 6.07 Å². The molecule has 0 saturated heterocycles. The summed E-state index contributed by atoms with van der Waals surface area (Å²) in [6.07, 6.45) is 1.74. The molecule has 0 bridgehead atoms. The molecule has 3 nitrogen and oxygen atoms in total. The summed E-state index contributed by atoms with van der Waals surface area (Å²) in [7, 11) is 0. The van der Waals surface area contributed by atoms with E-state index in [0.29, 0.717) is 5.69 Å². The number of hydrogen-bond donors (Lipinski definition) is 0. The van der Waals surface area contributed by atoms with Gasteiger partial charge in [0.2, 0.25) is 0 Å². The van der Waals surface area contributed by atoms with Gasteiger partial charge in [0.15, 0.2) is 0 Å². The fourth-order valence-electron chi connectivity index (χ4n) is 1.26. The minimum atomic E-state index is 0.179. The van der Waals surface area contributed by atoms with Crippen LogP contribution < -0.4 is 0 Å². The predicted molar refractivity (Wildman–Crippen MR) is 51.1 cm³/mol. The molecule has 0 saturated carbocycles. The summed E-state index contributed by atoms with van der Waals surface area (Å²) in [6.45, 7) is 9.12. The summed E-state index contributed by atoms with van der Waals surface area (Å²) in [5, 5.41) is 8.87. The van der Waals surface area contributed by atoms with Gasteiger partial charge in [-0.15, -0.1) is 0 Å². The van der Waals surface area contributed by atoms with E-state index in [0.717, 1.165) is 12.2 Å². The van der Waals surface area contributed by atoms with Crippen molar-refractivity contribution in [1.29, 1.82) is 5.26 Å². The second-order valence-corrected chi connectivity index (χ2v) is 4.48. The summed E-state index contributed by atoms with van der Waals surface area (Å²) in [5.41, 5.74) is 1.67. The molecule has 1 aromatic rings. The molecule has 0 aliphatic rings. The molecule has 0 aliphatic carbocycles. The van der Waals surface area contributed by atoms with Crippen molar-refractivity contribution in [1.82, 2.24) is 9.55 Å². The van der Waals surface area contributed by atoms with Crippen LogP contribution in [0.5, 0.6) is 0 Å². The van der Waals surface area contributed by atoms with Crippen LogP contribution in [0.25, 0.3) is 0 Å². The lowest BCUT2D eigenvalue weighted by atomic mass is 9.97. The number of nitrogens with zero attached hydrogens (tertiary/aromatic N) is 3. The molecule has 0 radical (unpaired) electrons. The molecule has 1 rings (SSSR count). The Labute approximate surface area is 79.0 Å². The van der Waals surface area contributed by atoms with Crippen LogP contribution in [0.15, 0.2) is 6.33 Å². The summed E-state index contributed by atoms with van der Waals surface area (Å²) in [5.74, 6) is 0. The fourth-order valence-corrected chi connectivity index (χ4v) is 1.26. The van der Waals surface area contributed by atoms with Gasteiger partial charge in [0.25, 0.3) is 0 Å². The van der Waals surface area contributed by atoms with E-state index >= 15 is 0 Å². The molecular formula is C10H15N3. The maximum atomic E-state index is 8.87. The number of rotatable bonds is 1. The van der Waals surface area contributed by atoms with Crippen LogP contribution in [0.1, 0.15) is 32.2 Å². The number of imidazole rings is 1. The summed E-state index contributed by atoms with van der Waals surface area (Å²) in [6, 6.07) is 2.17. The topological polar surface area (TPSA) is 41.6 Å². The minimum Gasteiger partial charge on any atom is -0.322 e. The molecule has 3 heteroatoms. The average Bonchev–Trinajstić information content (AvgIpc) is 2.28. The minimum absolute atomic E-state index is 0.179. The summed E-state index contributed by atoms with van der Waals surface area (Å²) < 4.78 is 1.91. The van der Waals surface area contributed by atoms with E-state index in [2.05, 4.69) is 31.8 Å². The van der Waals surface area contributed by atoms with E-state index in [9.17, 15) is 0 Å². The van der Waals surface area contributed by atoms with E-state index < -0.39 is 0 Å². The zero-order valence-corrected chi connectivity index (χ0v) is 8.63. The van der Waals surface area contributed by atoms with E-state index in [1.165, 1.54) is 0 Å². The van der Waals surface area contributed by atoms with Crippen molar-refractivity contribution in [3.05, 3.63) is 17.7 Å². The summed E-state index contributed by atoms with van der Waals surface area (Å²) in [4.78, 5) is 4.11. The number of nitriles is 1. The van der Waals surface area contributed by atoms with Crippen LogP contribution in [0.4, 0.5) is 0 Å². The van der Waals surface area contributed by atoms with Gasteiger partial charge in [-0.25, -0.2) is 4.98 Å². The lowest BCUT2D eigenvalue weighted by Crippen LogP contribution is -2.16. The Hall–Kier alpha value is -1.30. The van der Waals surface area contributed by atoms with Crippen LogP contribution >= 0.6 is 0 Å². The highest BCUT2D eigenvalue weighted by molar-refractivity contribution is 5.25. The standard InChI is InChI=1S/C10H15N3/c1-8-9(5-11)13(7-12-8)6-10(2,3)4/h7H,6H2,1-4H3. The number of hydrogen-bond acceptors (Lipinski definition) is 2. The van der Waals surface area contributed by atoms with Crippen molar-refractivity contribution in [2.75, 3.05) is 0 Å². The highest BCUT2D eigenvalue weighted by atomic mass is 15.1. The van der Waals surface area contributed by atoms with Crippen molar-refractivity contribution in [2.24, 2.45) is 5.41 Å². The first-order valence-corrected chi connectivity index (χ1v) is 4.36. The lowest BCUT2D eigenvalue weighted by Gasteiger charge is -2.18. The number of aryl methyl sites for hydroxylation is 1. The highest BCUT2D eigenvalue weighted by Gasteiger charge is 2.14.